The molecule has 0 saturated heterocycles. The normalized spacial score (nSPS) is 14.9. The van der Waals surface area contributed by atoms with Crippen molar-refractivity contribution in [2.24, 2.45) is 29.3 Å². The van der Waals surface area contributed by atoms with E-state index in [4.69, 9.17) is 9.55 Å². The molecule has 4 rings (SSSR count). The van der Waals surface area contributed by atoms with Crippen molar-refractivity contribution in [1.82, 2.24) is 14.3 Å². The topological polar surface area (TPSA) is 123 Å². The third kappa shape index (κ3) is 4.95. The van der Waals surface area contributed by atoms with Gasteiger partial charge >= 0.3 is 10.4 Å². The number of benzene rings is 2. The summed E-state index contributed by atoms with van der Waals surface area (Å²) in [6.07, 6.45) is 1.70. The highest BCUT2D eigenvalue weighted by Crippen LogP contribution is 2.29. The second-order valence-electron chi connectivity index (χ2n) is 6.15. The summed E-state index contributed by atoms with van der Waals surface area (Å²) in [5, 5.41) is 13.1. The van der Waals surface area contributed by atoms with Crippen LogP contribution in [-0.4, -0.2) is 45.9 Å². The third-order valence-corrected chi connectivity index (χ3v) is 4.54. The zero-order chi connectivity index (χ0) is 21.7. The van der Waals surface area contributed by atoms with Gasteiger partial charge in [-0.25, -0.2) is 9.67 Å². The van der Waals surface area contributed by atoms with E-state index < -0.39 is 10.4 Å². The predicted octanol–water partition coefficient (Wildman–Crippen LogP) is 1.63. The molecule has 1 aliphatic rings. The van der Waals surface area contributed by atoms with Crippen molar-refractivity contribution in [3.63, 3.8) is 0 Å². The smallest absolute Gasteiger partial charge is 0.302 e. The van der Waals surface area contributed by atoms with E-state index in [-0.39, 0.29) is 0 Å². The van der Waals surface area contributed by atoms with Gasteiger partial charge in [-0.1, -0.05) is 48.5 Å². The molecule has 0 fully saturated rings. The van der Waals surface area contributed by atoms with E-state index in [1.807, 2.05) is 73.3 Å². The molecule has 30 heavy (non-hydrogen) atoms. The Labute approximate surface area is 173 Å². The molecule has 0 unspecified atom stereocenters. The van der Waals surface area contributed by atoms with Crippen molar-refractivity contribution in [3.05, 3.63) is 77.7 Å². The highest BCUT2D eigenvalue weighted by Gasteiger charge is 2.23. The molecular weight excluding hydrogens is 408 g/mol. The van der Waals surface area contributed by atoms with Gasteiger partial charge in [-0.05, 0) is 6.07 Å². The summed E-state index contributed by atoms with van der Waals surface area (Å²) < 4.78 is 33.2. The lowest BCUT2D eigenvalue weighted by atomic mass is 10.0. The largest absolute Gasteiger partial charge is 0.397 e. The van der Waals surface area contributed by atoms with Gasteiger partial charge in [0.05, 0.1) is 18.5 Å². The van der Waals surface area contributed by atoms with Gasteiger partial charge in [-0.2, -0.15) is 13.5 Å². The molecule has 0 atom stereocenters. The molecule has 0 radical (unpaired) electrons. The monoisotopic (exact) mass is 428 g/mol. The number of aryl methyl sites for hydroxylation is 2. The second kappa shape index (κ2) is 8.95. The lowest BCUT2D eigenvalue weighted by Crippen LogP contribution is -2.22. The van der Waals surface area contributed by atoms with Crippen LogP contribution in [0.5, 0.6) is 0 Å². The quantitative estimate of drug-likeness (QED) is 0.502. The summed E-state index contributed by atoms with van der Waals surface area (Å²) in [5.41, 5.74) is 5.21. The molecule has 1 aliphatic heterocycles. The van der Waals surface area contributed by atoms with Gasteiger partial charge < -0.3 is 4.57 Å². The van der Waals surface area contributed by atoms with Crippen molar-refractivity contribution >= 4 is 27.5 Å². The number of aliphatic imine (C=N–C) groups is 1. The molecule has 2 aromatic carbocycles. The molecule has 0 amide bonds. The lowest BCUT2D eigenvalue weighted by Gasteiger charge is -2.02. The first-order valence-electron chi connectivity index (χ1n) is 8.73. The van der Waals surface area contributed by atoms with E-state index in [1.165, 1.54) is 0 Å². The van der Waals surface area contributed by atoms with Crippen LogP contribution in [0.15, 0.2) is 76.1 Å². The highest BCUT2D eigenvalue weighted by molar-refractivity contribution is 7.80. The maximum atomic E-state index is 9.33. The number of rotatable bonds is 3. The minimum absolute atomic E-state index is 0.666. The van der Waals surface area contributed by atoms with Crippen LogP contribution < -0.4 is 5.62 Å². The Hall–Kier alpha value is -3.41. The zero-order valence-corrected chi connectivity index (χ0v) is 17.4. The predicted molar refractivity (Wildman–Crippen MR) is 112 cm³/mol. The molecule has 11 heteroatoms. The summed E-state index contributed by atoms with van der Waals surface area (Å²) in [6, 6.07) is 18.0. The molecule has 3 aromatic rings. The van der Waals surface area contributed by atoms with Crippen molar-refractivity contribution in [1.29, 1.82) is 0 Å². The van der Waals surface area contributed by atoms with Crippen molar-refractivity contribution in [3.8, 4) is 0 Å². The van der Waals surface area contributed by atoms with E-state index in [2.05, 4.69) is 19.5 Å². The number of para-hydroxylation sites is 1. The van der Waals surface area contributed by atoms with Crippen LogP contribution in [0.1, 0.15) is 11.1 Å². The Morgan fingerprint density at radius 2 is 1.63 bits per heavy atom. The average molecular weight is 428 g/mol. The number of hydrogen-bond acceptors (Lipinski definition) is 7. The Balaban J connectivity index is 0.000000377. The van der Waals surface area contributed by atoms with E-state index in [0.717, 1.165) is 35.3 Å². The molecule has 10 nitrogen and oxygen atoms in total. The average Bonchev–Trinajstić information content (AvgIpc) is 3.27. The first-order chi connectivity index (χ1) is 14.3. The Kier molecular flexibility index (Phi) is 6.35. The van der Waals surface area contributed by atoms with Crippen LogP contribution in [0.4, 0.5) is 5.69 Å². The van der Waals surface area contributed by atoms with Gasteiger partial charge in [0.2, 0.25) is 5.62 Å². The molecule has 0 saturated carbocycles. The van der Waals surface area contributed by atoms with Gasteiger partial charge in [0.25, 0.3) is 0 Å². The Morgan fingerprint density at radius 3 is 2.23 bits per heavy atom. The fraction of sp³-hybridized carbons (Fsp3) is 0.158. The van der Waals surface area contributed by atoms with Gasteiger partial charge in [-0.15, -0.1) is 10.2 Å². The Bertz CT molecular complexity index is 1250. The van der Waals surface area contributed by atoms with Crippen LogP contribution in [-0.2, 0) is 28.7 Å². The number of fused-ring (bicyclic) bond motifs is 1. The summed E-state index contributed by atoms with van der Waals surface area (Å²) >= 11 is 0. The Morgan fingerprint density at radius 1 is 1.00 bits per heavy atom. The maximum Gasteiger partial charge on any atom is 0.397 e. The van der Waals surface area contributed by atoms with E-state index >= 15 is 0 Å². The summed E-state index contributed by atoms with van der Waals surface area (Å²) in [5.74, 6) is 0. The lowest BCUT2D eigenvalue weighted by molar-refractivity contribution is 0.324. The van der Waals surface area contributed by atoms with Crippen LogP contribution in [0, 0.1) is 0 Å². The van der Waals surface area contributed by atoms with Crippen LogP contribution >= 0.6 is 0 Å². The second-order valence-corrected chi connectivity index (χ2v) is 7.34. The number of hydrogen-bond donors (Lipinski definition) is 1. The maximum absolute atomic E-state index is 9.33. The zero-order valence-electron chi connectivity index (χ0n) is 16.5. The molecular formula is C19H20N6O4S. The number of aromatic nitrogens is 3. The minimum atomic E-state index is -4.16. The van der Waals surface area contributed by atoms with E-state index in [1.54, 1.807) is 11.0 Å². The van der Waals surface area contributed by atoms with Crippen LogP contribution in [0.3, 0.4) is 0 Å². The molecule has 0 bridgehead atoms. The van der Waals surface area contributed by atoms with Crippen molar-refractivity contribution in [2.75, 3.05) is 7.11 Å². The summed E-state index contributed by atoms with van der Waals surface area (Å²) in [6.45, 7) is 0. The van der Waals surface area contributed by atoms with Gasteiger partial charge in [-0.3, -0.25) is 8.74 Å². The van der Waals surface area contributed by atoms with Crippen LogP contribution in [0.2, 0.25) is 0 Å². The highest BCUT2D eigenvalue weighted by atomic mass is 32.3. The van der Waals surface area contributed by atoms with Crippen molar-refractivity contribution < 1.29 is 17.2 Å². The van der Waals surface area contributed by atoms with E-state index in [9.17, 15) is 8.42 Å². The SMILES string of the molecule is COS(=O)(=O)O.Cn1cnn(C)/c1=N\N=C1/C(c2ccccc2)=Nc2ccccc21. The third-order valence-electron chi connectivity index (χ3n) is 4.12. The molecule has 1 aromatic heterocycles. The number of nitrogens with zero attached hydrogens (tertiary/aromatic N) is 6. The summed E-state index contributed by atoms with van der Waals surface area (Å²) in [7, 11) is 0.439. The summed E-state index contributed by atoms with van der Waals surface area (Å²) in [4.78, 5) is 4.74. The molecule has 0 aliphatic carbocycles. The first kappa shape index (κ1) is 21.3. The van der Waals surface area contributed by atoms with Gasteiger partial charge in [0, 0.05) is 25.2 Å². The fourth-order valence-electron chi connectivity index (χ4n) is 2.69. The van der Waals surface area contributed by atoms with E-state index in [0.29, 0.717) is 5.62 Å². The molecule has 1 N–H and O–H groups in total. The first-order valence-corrected chi connectivity index (χ1v) is 10.1. The van der Waals surface area contributed by atoms with Gasteiger partial charge in [0.15, 0.2) is 0 Å². The standard InChI is InChI=1S/C18H16N6.CH4O4S/c1-23-12-19-24(2)18(23)22-21-17-14-10-6-7-11-15(14)20-16(17)13-8-4-3-5-9-13;1-5-6(2,3)4/h3-12H,1-2H3;1H3,(H,2,3,4)/b21-17-,22-18-;. The molecule has 156 valence electrons. The van der Waals surface area contributed by atoms with Crippen LogP contribution in [0.25, 0.3) is 0 Å². The van der Waals surface area contributed by atoms with Gasteiger partial charge in [0.1, 0.15) is 12.0 Å². The van der Waals surface area contributed by atoms with Crippen molar-refractivity contribution in [2.45, 2.75) is 0 Å². The molecule has 2 heterocycles. The fourth-order valence-corrected chi connectivity index (χ4v) is 2.69. The molecule has 0 spiro atoms. The minimum Gasteiger partial charge on any atom is -0.302 e.